The number of amides is 1. The van der Waals surface area contributed by atoms with Gasteiger partial charge in [-0.25, -0.2) is 0 Å². The molecule has 2 N–H and O–H groups in total. The third-order valence-corrected chi connectivity index (χ3v) is 4.02. The fourth-order valence-corrected chi connectivity index (χ4v) is 2.88. The summed E-state index contributed by atoms with van der Waals surface area (Å²) in [7, 11) is 0. The molecule has 1 saturated heterocycles. The molecule has 0 radical (unpaired) electrons. The van der Waals surface area contributed by atoms with E-state index in [0.717, 1.165) is 25.9 Å². The van der Waals surface area contributed by atoms with Crippen LogP contribution in [0.2, 0.25) is 0 Å². The van der Waals surface area contributed by atoms with Crippen molar-refractivity contribution in [3.05, 3.63) is 35.4 Å². The molecule has 2 rings (SSSR count). The molecule has 0 saturated carbocycles. The van der Waals surface area contributed by atoms with Gasteiger partial charge < -0.3 is 10.6 Å². The second-order valence-corrected chi connectivity index (χ2v) is 6.24. The molecule has 110 valence electrons. The van der Waals surface area contributed by atoms with Gasteiger partial charge in [0.2, 0.25) is 5.91 Å². The van der Waals surface area contributed by atoms with E-state index in [4.69, 9.17) is 0 Å². The van der Waals surface area contributed by atoms with Crippen molar-refractivity contribution in [2.24, 2.45) is 11.8 Å². The highest BCUT2D eigenvalue weighted by molar-refractivity contribution is 5.79. The van der Waals surface area contributed by atoms with Crippen molar-refractivity contribution < 1.29 is 4.79 Å². The van der Waals surface area contributed by atoms with Gasteiger partial charge in [0, 0.05) is 6.54 Å². The van der Waals surface area contributed by atoms with Crippen molar-refractivity contribution in [3.63, 3.8) is 0 Å². The lowest BCUT2D eigenvalue weighted by molar-refractivity contribution is -0.125. The predicted molar refractivity (Wildman–Crippen MR) is 82.5 cm³/mol. The van der Waals surface area contributed by atoms with Crippen LogP contribution in [-0.4, -0.2) is 19.0 Å². The lowest BCUT2D eigenvalue weighted by Crippen LogP contribution is -2.35. The van der Waals surface area contributed by atoms with Gasteiger partial charge in [-0.15, -0.1) is 0 Å². The highest BCUT2D eigenvalue weighted by atomic mass is 16.2. The zero-order valence-corrected chi connectivity index (χ0v) is 12.8. The van der Waals surface area contributed by atoms with Gasteiger partial charge in [-0.1, -0.05) is 38.1 Å². The quantitative estimate of drug-likeness (QED) is 0.867. The van der Waals surface area contributed by atoms with E-state index < -0.39 is 0 Å². The Morgan fingerprint density at radius 2 is 2.15 bits per heavy atom. The predicted octanol–water partition coefficient (Wildman–Crippen LogP) is 2.81. The second-order valence-electron chi connectivity index (χ2n) is 6.24. The van der Waals surface area contributed by atoms with E-state index in [1.54, 1.807) is 0 Å². The minimum atomic E-state index is 0.129. The molecule has 1 aliphatic heterocycles. The maximum atomic E-state index is 12.4. The first-order valence-corrected chi connectivity index (χ1v) is 7.64. The van der Waals surface area contributed by atoms with E-state index in [9.17, 15) is 4.79 Å². The fourth-order valence-electron chi connectivity index (χ4n) is 2.88. The van der Waals surface area contributed by atoms with E-state index in [0.29, 0.717) is 5.92 Å². The van der Waals surface area contributed by atoms with E-state index in [2.05, 4.69) is 49.6 Å². The minimum absolute atomic E-state index is 0.129. The summed E-state index contributed by atoms with van der Waals surface area (Å²) < 4.78 is 0. The smallest absolute Gasteiger partial charge is 0.224 e. The molecule has 1 heterocycles. The molecule has 1 amide bonds. The number of benzene rings is 1. The van der Waals surface area contributed by atoms with Gasteiger partial charge in [0.05, 0.1) is 12.0 Å². The van der Waals surface area contributed by atoms with Crippen molar-refractivity contribution in [1.82, 2.24) is 10.6 Å². The summed E-state index contributed by atoms with van der Waals surface area (Å²) >= 11 is 0. The minimum Gasteiger partial charge on any atom is -0.349 e. The standard InChI is InChI=1S/C17H26N2O/c1-12(2)10-16(15-7-5-4-6-13(15)3)19-17(20)14-8-9-18-11-14/h4-7,12,14,16,18H,8-11H2,1-3H3,(H,19,20). The average molecular weight is 274 g/mol. The molecule has 2 unspecified atom stereocenters. The molecule has 3 heteroatoms. The van der Waals surface area contributed by atoms with Crippen LogP contribution in [0.1, 0.15) is 43.9 Å². The van der Waals surface area contributed by atoms with Crippen LogP contribution < -0.4 is 10.6 Å². The molecule has 3 nitrogen and oxygen atoms in total. The number of carbonyl (C=O) groups excluding carboxylic acids is 1. The third-order valence-electron chi connectivity index (χ3n) is 4.02. The number of carbonyl (C=O) groups is 1. The summed E-state index contributed by atoms with van der Waals surface area (Å²) in [4.78, 5) is 12.4. The van der Waals surface area contributed by atoms with Crippen LogP contribution in [0.25, 0.3) is 0 Å². The Labute approximate surface area is 122 Å². The lowest BCUT2D eigenvalue weighted by atomic mass is 9.93. The number of rotatable bonds is 5. The zero-order valence-electron chi connectivity index (χ0n) is 12.8. The molecule has 0 aromatic heterocycles. The molecular formula is C17H26N2O. The van der Waals surface area contributed by atoms with Crippen LogP contribution in [0.4, 0.5) is 0 Å². The monoisotopic (exact) mass is 274 g/mol. The number of hydrogen-bond donors (Lipinski definition) is 2. The first kappa shape index (κ1) is 15.0. The molecule has 0 aliphatic carbocycles. The fraction of sp³-hybridized carbons (Fsp3) is 0.588. The molecule has 1 aromatic carbocycles. The molecule has 0 bridgehead atoms. The van der Waals surface area contributed by atoms with Crippen molar-refractivity contribution in [2.45, 2.75) is 39.7 Å². The Morgan fingerprint density at radius 3 is 2.75 bits per heavy atom. The van der Waals surface area contributed by atoms with Crippen LogP contribution in [-0.2, 0) is 4.79 Å². The van der Waals surface area contributed by atoms with Crippen molar-refractivity contribution in [1.29, 1.82) is 0 Å². The zero-order chi connectivity index (χ0) is 14.5. The van der Waals surface area contributed by atoms with Crippen LogP contribution in [0.3, 0.4) is 0 Å². The largest absolute Gasteiger partial charge is 0.349 e. The normalized spacial score (nSPS) is 20.1. The van der Waals surface area contributed by atoms with Gasteiger partial charge in [-0.05, 0) is 43.4 Å². The molecule has 1 fully saturated rings. The van der Waals surface area contributed by atoms with E-state index >= 15 is 0 Å². The maximum absolute atomic E-state index is 12.4. The van der Waals surface area contributed by atoms with E-state index in [1.807, 2.05) is 6.07 Å². The number of aryl methyl sites for hydroxylation is 1. The van der Waals surface area contributed by atoms with E-state index in [-0.39, 0.29) is 17.9 Å². The molecule has 1 aromatic rings. The molecule has 20 heavy (non-hydrogen) atoms. The van der Waals surface area contributed by atoms with Crippen molar-refractivity contribution in [2.75, 3.05) is 13.1 Å². The van der Waals surface area contributed by atoms with Crippen LogP contribution >= 0.6 is 0 Å². The summed E-state index contributed by atoms with van der Waals surface area (Å²) in [5, 5.41) is 6.53. The van der Waals surface area contributed by atoms with Crippen molar-refractivity contribution in [3.8, 4) is 0 Å². The van der Waals surface area contributed by atoms with Crippen LogP contribution in [0.15, 0.2) is 24.3 Å². The maximum Gasteiger partial charge on any atom is 0.224 e. The Kier molecular flexibility index (Phi) is 5.18. The summed E-state index contributed by atoms with van der Waals surface area (Å²) in [5.41, 5.74) is 2.50. The lowest BCUT2D eigenvalue weighted by Gasteiger charge is -2.24. The van der Waals surface area contributed by atoms with Gasteiger partial charge in [0.15, 0.2) is 0 Å². The topological polar surface area (TPSA) is 41.1 Å². The van der Waals surface area contributed by atoms with Crippen molar-refractivity contribution >= 4 is 5.91 Å². The molecule has 0 spiro atoms. The van der Waals surface area contributed by atoms with Gasteiger partial charge in [0.25, 0.3) is 0 Å². The third kappa shape index (κ3) is 3.83. The first-order valence-electron chi connectivity index (χ1n) is 7.64. The van der Waals surface area contributed by atoms with Gasteiger partial charge >= 0.3 is 0 Å². The summed E-state index contributed by atoms with van der Waals surface area (Å²) in [5.74, 6) is 0.888. The van der Waals surface area contributed by atoms with Crippen LogP contribution in [0, 0.1) is 18.8 Å². The van der Waals surface area contributed by atoms with Crippen LogP contribution in [0.5, 0.6) is 0 Å². The molecular weight excluding hydrogens is 248 g/mol. The average Bonchev–Trinajstić information content (AvgIpc) is 2.92. The summed E-state index contributed by atoms with van der Waals surface area (Å²) in [6, 6.07) is 8.48. The highest BCUT2D eigenvalue weighted by Gasteiger charge is 2.25. The summed E-state index contributed by atoms with van der Waals surface area (Å²) in [6.07, 6.45) is 1.94. The SMILES string of the molecule is Cc1ccccc1C(CC(C)C)NC(=O)C1CCNC1. The number of nitrogens with one attached hydrogen (secondary N) is 2. The summed E-state index contributed by atoms with van der Waals surface area (Å²) in [6.45, 7) is 8.29. The van der Waals surface area contributed by atoms with E-state index in [1.165, 1.54) is 11.1 Å². The van der Waals surface area contributed by atoms with Gasteiger partial charge in [0.1, 0.15) is 0 Å². The molecule has 2 atom stereocenters. The Balaban J connectivity index is 2.11. The van der Waals surface area contributed by atoms with Gasteiger partial charge in [-0.3, -0.25) is 4.79 Å². The number of hydrogen-bond acceptors (Lipinski definition) is 2. The Bertz CT molecular complexity index is 450. The highest BCUT2D eigenvalue weighted by Crippen LogP contribution is 2.25. The Hall–Kier alpha value is -1.35. The Morgan fingerprint density at radius 1 is 1.40 bits per heavy atom. The molecule has 1 aliphatic rings. The first-order chi connectivity index (χ1) is 9.58. The van der Waals surface area contributed by atoms with Gasteiger partial charge in [-0.2, -0.15) is 0 Å². The second kappa shape index (κ2) is 6.89.